The molecule has 1 unspecified atom stereocenters. The molecule has 3 N–H and O–H groups in total. The molecule has 0 saturated carbocycles. The summed E-state index contributed by atoms with van der Waals surface area (Å²) in [5, 5.41) is 20.7. The van der Waals surface area contributed by atoms with Crippen LogP contribution in [0.4, 0.5) is 0 Å². The molecule has 0 aromatic carbocycles. The fraction of sp³-hybridized carbons (Fsp3) is 0.875. The van der Waals surface area contributed by atoms with Crippen LogP contribution in [-0.4, -0.2) is 54.1 Å². The molecule has 7 nitrogen and oxygen atoms in total. The number of amides is 1. The van der Waals surface area contributed by atoms with E-state index in [1.807, 2.05) is 0 Å². The molecule has 0 aliphatic heterocycles. The molecule has 1 atom stereocenters. The largest absolute Gasteiger partial charge is 0.739 e. The van der Waals surface area contributed by atoms with E-state index in [0.29, 0.717) is 0 Å². The Morgan fingerprint density at radius 1 is 1.53 bits per heavy atom. The van der Waals surface area contributed by atoms with E-state index < -0.39 is 26.6 Å². The van der Waals surface area contributed by atoms with E-state index in [0.717, 1.165) is 0 Å². The van der Waals surface area contributed by atoms with Crippen LogP contribution in [0, 0.1) is 5.41 Å². The van der Waals surface area contributed by atoms with Crippen LogP contribution in [0.25, 0.3) is 0 Å². The molecule has 0 aromatic rings. The van der Waals surface area contributed by atoms with Crippen LogP contribution in [0.15, 0.2) is 0 Å². The van der Waals surface area contributed by atoms with Gasteiger partial charge in [-0.1, -0.05) is 13.8 Å². The first kappa shape index (κ1) is 16.6. The summed E-state index contributed by atoms with van der Waals surface area (Å²) in [6, 6.07) is 0. The summed E-state index contributed by atoms with van der Waals surface area (Å²) in [5.41, 5.74) is -0.984. The second kappa shape index (κ2) is 6.55. The van der Waals surface area contributed by atoms with Gasteiger partial charge < -0.3 is 20.1 Å². The van der Waals surface area contributed by atoms with Crippen LogP contribution in [0.1, 0.15) is 13.8 Å². The predicted molar refractivity (Wildman–Crippen MR) is 62.0 cm³/mol. The van der Waals surface area contributed by atoms with Crippen molar-refractivity contribution in [1.29, 1.82) is 0 Å². The number of carbonyl (C=O) groups is 1. The highest BCUT2D eigenvalue weighted by Crippen LogP contribution is 2.19. The number of hydrogen-bond donors (Lipinski definition) is 3. The fourth-order valence-electron chi connectivity index (χ4n) is 0.856. The molecule has 102 valence electrons. The van der Waals surface area contributed by atoms with E-state index in [1.165, 1.54) is 13.8 Å². The maximum absolute atomic E-state index is 11.4. The Bertz CT molecular complexity index is 353. The third-order valence-corrected chi connectivity index (χ3v) is 4.05. The molecule has 0 radical (unpaired) electrons. The van der Waals surface area contributed by atoms with Crippen molar-refractivity contribution in [3.63, 3.8) is 0 Å². The first-order valence-electron chi connectivity index (χ1n) is 4.77. The highest BCUT2D eigenvalue weighted by molar-refractivity contribution is 8.69. The van der Waals surface area contributed by atoms with Crippen LogP contribution in [0.2, 0.25) is 0 Å². The minimum absolute atomic E-state index is 0.0520. The molecule has 0 heterocycles. The zero-order valence-corrected chi connectivity index (χ0v) is 11.2. The quantitative estimate of drug-likeness (QED) is 0.301. The zero-order valence-electron chi connectivity index (χ0n) is 9.54. The Hall–Kier alpha value is -0.350. The second-order valence-electron chi connectivity index (χ2n) is 4.07. The zero-order chi connectivity index (χ0) is 13.7. The van der Waals surface area contributed by atoms with Crippen molar-refractivity contribution < 1.29 is 28.0 Å². The van der Waals surface area contributed by atoms with Crippen molar-refractivity contribution in [3.8, 4) is 0 Å². The van der Waals surface area contributed by atoms with Gasteiger partial charge in [-0.15, -0.1) is 0 Å². The Kier molecular flexibility index (Phi) is 6.41. The van der Waals surface area contributed by atoms with Crippen LogP contribution < -0.4 is 5.32 Å². The van der Waals surface area contributed by atoms with Gasteiger partial charge in [-0.25, -0.2) is 8.42 Å². The summed E-state index contributed by atoms with van der Waals surface area (Å²) in [6.07, 6.45) is -1.40. The van der Waals surface area contributed by atoms with Crippen molar-refractivity contribution in [1.82, 2.24) is 5.32 Å². The van der Waals surface area contributed by atoms with Gasteiger partial charge in [0.25, 0.3) is 0 Å². The molecule has 0 aliphatic rings. The van der Waals surface area contributed by atoms with Crippen LogP contribution in [0.3, 0.4) is 0 Å². The van der Waals surface area contributed by atoms with Crippen molar-refractivity contribution in [2.24, 2.45) is 5.41 Å². The van der Waals surface area contributed by atoms with Gasteiger partial charge in [0.05, 0.1) is 6.61 Å². The molecular weight excluding hydrogens is 270 g/mol. The molecule has 0 aromatic heterocycles. The summed E-state index contributed by atoms with van der Waals surface area (Å²) in [4.78, 5) is 11.4. The van der Waals surface area contributed by atoms with Crippen molar-refractivity contribution in [3.05, 3.63) is 0 Å². The smallest absolute Gasteiger partial charge is 0.249 e. The summed E-state index contributed by atoms with van der Waals surface area (Å²) in [6.45, 7) is 2.59. The maximum Gasteiger partial charge on any atom is 0.249 e. The number of carbonyl (C=O) groups excluding carboxylic acids is 1. The monoisotopic (exact) mass is 286 g/mol. The van der Waals surface area contributed by atoms with E-state index >= 15 is 0 Å². The molecule has 0 saturated heterocycles. The van der Waals surface area contributed by atoms with E-state index in [4.69, 9.17) is 5.11 Å². The normalized spacial score (nSPS) is 14.4. The van der Waals surface area contributed by atoms with Gasteiger partial charge in [0.1, 0.15) is 15.3 Å². The van der Waals surface area contributed by atoms with Crippen molar-refractivity contribution in [2.45, 2.75) is 20.0 Å². The van der Waals surface area contributed by atoms with Crippen LogP contribution in [-0.2, 0) is 13.9 Å². The van der Waals surface area contributed by atoms with Gasteiger partial charge in [0.2, 0.25) is 5.91 Å². The first-order valence-corrected chi connectivity index (χ1v) is 7.68. The SMILES string of the molecule is CC(C)(CO)C(O)C(=O)NCCSS(=O)(=O)[O-]. The number of aliphatic hydroxyl groups is 2. The van der Waals surface area contributed by atoms with E-state index in [2.05, 4.69) is 5.32 Å². The van der Waals surface area contributed by atoms with Gasteiger partial charge in [-0.2, -0.15) is 0 Å². The van der Waals surface area contributed by atoms with Gasteiger partial charge in [0, 0.05) is 17.7 Å². The minimum atomic E-state index is -4.36. The topological polar surface area (TPSA) is 127 Å². The molecule has 0 aliphatic carbocycles. The first-order chi connectivity index (χ1) is 7.60. The van der Waals surface area contributed by atoms with Gasteiger partial charge in [0.15, 0.2) is 0 Å². The minimum Gasteiger partial charge on any atom is -0.739 e. The number of hydrogen-bond acceptors (Lipinski definition) is 7. The van der Waals surface area contributed by atoms with E-state index in [9.17, 15) is 22.9 Å². The average molecular weight is 286 g/mol. The molecule has 0 fully saturated rings. The lowest BCUT2D eigenvalue weighted by Crippen LogP contribution is -2.46. The molecule has 17 heavy (non-hydrogen) atoms. The Labute approximate surface area is 104 Å². The van der Waals surface area contributed by atoms with Crippen molar-refractivity contribution in [2.75, 3.05) is 18.9 Å². The summed E-state index contributed by atoms with van der Waals surface area (Å²) in [7, 11) is -4.19. The molecule has 9 heteroatoms. The third kappa shape index (κ3) is 6.84. The summed E-state index contributed by atoms with van der Waals surface area (Å²) in [5.74, 6) is -0.808. The second-order valence-corrected chi connectivity index (χ2v) is 7.46. The lowest BCUT2D eigenvalue weighted by atomic mass is 9.87. The molecule has 0 spiro atoms. The lowest BCUT2D eigenvalue weighted by molar-refractivity contribution is -0.136. The van der Waals surface area contributed by atoms with Crippen LogP contribution in [0.5, 0.6) is 0 Å². The average Bonchev–Trinajstić information content (AvgIpc) is 2.21. The number of rotatable bonds is 7. The predicted octanol–water partition coefficient (Wildman–Crippen LogP) is -1.32. The summed E-state index contributed by atoms with van der Waals surface area (Å²) >= 11 is 0. The van der Waals surface area contributed by atoms with Gasteiger partial charge in [-0.05, 0) is 10.8 Å². The molecule has 1 amide bonds. The Morgan fingerprint density at radius 3 is 2.47 bits per heavy atom. The Balaban J connectivity index is 4.04. The fourth-order valence-corrected chi connectivity index (χ4v) is 2.11. The lowest BCUT2D eigenvalue weighted by Gasteiger charge is -2.27. The standard InChI is InChI=1S/C8H17NO6S2/c1-8(2,5-10)6(11)7(12)9-3-4-16-17(13,14)15/h6,10-11H,3-5H2,1-2H3,(H,9,12)(H,13,14,15)/p-1. The molecular formula is C8H16NO6S2-. The highest BCUT2D eigenvalue weighted by atomic mass is 33.1. The maximum atomic E-state index is 11.4. The number of nitrogens with one attached hydrogen (secondary N) is 1. The third-order valence-electron chi connectivity index (χ3n) is 2.03. The Morgan fingerprint density at radius 2 is 2.06 bits per heavy atom. The van der Waals surface area contributed by atoms with Gasteiger partial charge >= 0.3 is 0 Å². The highest BCUT2D eigenvalue weighted by Gasteiger charge is 2.32. The molecule has 0 rings (SSSR count). The van der Waals surface area contributed by atoms with Gasteiger partial charge in [-0.3, -0.25) is 4.79 Å². The van der Waals surface area contributed by atoms with Crippen LogP contribution >= 0.6 is 10.8 Å². The van der Waals surface area contributed by atoms with E-state index in [-0.39, 0.29) is 29.7 Å². The van der Waals surface area contributed by atoms with E-state index in [1.54, 1.807) is 0 Å². The number of aliphatic hydroxyl groups excluding tert-OH is 2. The molecule has 0 bridgehead atoms. The van der Waals surface area contributed by atoms with Crippen molar-refractivity contribution >= 4 is 25.9 Å². The summed E-state index contributed by atoms with van der Waals surface area (Å²) < 4.78 is 30.7.